The van der Waals surface area contributed by atoms with E-state index in [1.807, 2.05) is 30.5 Å². The summed E-state index contributed by atoms with van der Waals surface area (Å²) in [6.45, 7) is 0.440. The summed E-state index contributed by atoms with van der Waals surface area (Å²) in [6.07, 6.45) is 4.91. The lowest BCUT2D eigenvalue weighted by atomic mass is 10.0. The van der Waals surface area contributed by atoms with Crippen molar-refractivity contribution in [2.45, 2.75) is 6.54 Å². The summed E-state index contributed by atoms with van der Waals surface area (Å²) in [5.74, 6) is -0.350. The monoisotopic (exact) mass is 545 g/mol. The minimum Gasteiger partial charge on any atom is -0.345 e. The maximum Gasteiger partial charge on any atom is 0.267 e. The Kier molecular flexibility index (Phi) is 6.80. The molecule has 3 aromatic carbocycles. The van der Waals surface area contributed by atoms with Crippen LogP contribution in [0.25, 0.3) is 27.8 Å². The SMILES string of the molecule is NCc1cccc(-c2c[nH]c3ncnc(Nc4ccc(NC(=O)c5cccn(-c6ccc(F)cc6)c5=O)cc4)c23)c1. The molecule has 0 saturated carbocycles. The average molecular weight is 546 g/mol. The number of aromatic amines is 1. The van der Waals surface area contributed by atoms with Gasteiger partial charge < -0.3 is 21.4 Å². The summed E-state index contributed by atoms with van der Waals surface area (Å²) in [5.41, 5.74) is 10.6. The largest absolute Gasteiger partial charge is 0.345 e. The highest BCUT2D eigenvalue weighted by Gasteiger charge is 2.15. The van der Waals surface area contributed by atoms with E-state index in [0.717, 1.165) is 27.8 Å². The van der Waals surface area contributed by atoms with E-state index in [1.54, 1.807) is 30.3 Å². The van der Waals surface area contributed by atoms with Crippen LogP contribution in [0.3, 0.4) is 0 Å². The van der Waals surface area contributed by atoms with Crippen LogP contribution in [0.5, 0.6) is 0 Å². The second-order valence-electron chi connectivity index (χ2n) is 9.28. The zero-order valence-corrected chi connectivity index (χ0v) is 21.6. The number of rotatable bonds is 7. The highest BCUT2D eigenvalue weighted by atomic mass is 19.1. The molecule has 0 atom stereocenters. The Morgan fingerprint density at radius 1 is 0.951 bits per heavy atom. The zero-order valence-electron chi connectivity index (χ0n) is 21.6. The van der Waals surface area contributed by atoms with Crippen LogP contribution in [0.4, 0.5) is 21.6 Å². The molecule has 10 heteroatoms. The van der Waals surface area contributed by atoms with Crippen LogP contribution < -0.4 is 21.9 Å². The molecular weight excluding hydrogens is 521 g/mol. The van der Waals surface area contributed by atoms with Crippen molar-refractivity contribution in [2.24, 2.45) is 5.73 Å². The van der Waals surface area contributed by atoms with Crippen LogP contribution in [0.1, 0.15) is 15.9 Å². The number of nitrogens with zero attached hydrogens (tertiary/aromatic N) is 3. The van der Waals surface area contributed by atoms with E-state index in [1.165, 1.54) is 47.4 Å². The Labute approximate surface area is 233 Å². The first-order valence-corrected chi connectivity index (χ1v) is 12.8. The summed E-state index contributed by atoms with van der Waals surface area (Å²) < 4.78 is 14.6. The Morgan fingerprint density at radius 2 is 1.73 bits per heavy atom. The predicted molar refractivity (Wildman–Crippen MR) is 157 cm³/mol. The van der Waals surface area contributed by atoms with Gasteiger partial charge in [0.25, 0.3) is 11.5 Å². The van der Waals surface area contributed by atoms with Crippen molar-refractivity contribution in [1.82, 2.24) is 19.5 Å². The van der Waals surface area contributed by atoms with Crippen LogP contribution in [0.2, 0.25) is 0 Å². The Hall–Kier alpha value is -5.61. The fourth-order valence-corrected chi connectivity index (χ4v) is 4.60. The number of aromatic nitrogens is 4. The van der Waals surface area contributed by atoms with Gasteiger partial charge in [0.15, 0.2) is 0 Å². The molecule has 0 fully saturated rings. The molecule has 0 saturated heterocycles. The summed E-state index contributed by atoms with van der Waals surface area (Å²) in [7, 11) is 0. The number of pyridine rings is 1. The van der Waals surface area contributed by atoms with E-state index in [9.17, 15) is 14.0 Å². The van der Waals surface area contributed by atoms with Crippen LogP contribution in [0, 0.1) is 5.82 Å². The maximum absolute atomic E-state index is 13.3. The molecular formula is C31H24FN7O2. The molecule has 1 amide bonds. The van der Waals surface area contributed by atoms with E-state index < -0.39 is 17.3 Å². The number of hydrogen-bond donors (Lipinski definition) is 4. The highest BCUT2D eigenvalue weighted by Crippen LogP contribution is 2.33. The summed E-state index contributed by atoms with van der Waals surface area (Å²) in [5, 5.41) is 6.93. The molecule has 0 bridgehead atoms. The number of carbonyl (C=O) groups excluding carboxylic acids is 1. The normalized spacial score (nSPS) is 11.0. The van der Waals surface area contributed by atoms with Crippen LogP contribution in [-0.2, 0) is 6.54 Å². The Morgan fingerprint density at radius 3 is 2.51 bits per heavy atom. The third-order valence-corrected chi connectivity index (χ3v) is 6.65. The molecule has 0 unspecified atom stereocenters. The van der Waals surface area contributed by atoms with Gasteiger partial charge in [-0.3, -0.25) is 14.2 Å². The van der Waals surface area contributed by atoms with Crippen molar-refractivity contribution >= 4 is 34.1 Å². The quantitative estimate of drug-likeness (QED) is 0.213. The third-order valence-electron chi connectivity index (χ3n) is 6.65. The van der Waals surface area contributed by atoms with Gasteiger partial charge in [0.05, 0.1) is 5.39 Å². The van der Waals surface area contributed by atoms with Gasteiger partial charge in [0.2, 0.25) is 0 Å². The van der Waals surface area contributed by atoms with E-state index >= 15 is 0 Å². The first kappa shape index (κ1) is 25.7. The summed E-state index contributed by atoms with van der Waals surface area (Å²) >= 11 is 0. The second kappa shape index (κ2) is 10.9. The number of nitrogens with two attached hydrogens (primary N) is 1. The number of fused-ring (bicyclic) bond motifs is 1. The van der Waals surface area contributed by atoms with Gasteiger partial charge >= 0.3 is 0 Å². The fraction of sp³-hybridized carbons (Fsp3) is 0.0323. The number of amides is 1. The molecule has 0 radical (unpaired) electrons. The number of halogens is 1. The number of hydrogen-bond acceptors (Lipinski definition) is 6. The van der Waals surface area contributed by atoms with E-state index in [2.05, 4.69) is 25.6 Å². The van der Waals surface area contributed by atoms with E-state index in [0.29, 0.717) is 29.4 Å². The molecule has 0 spiro atoms. The van der Waals surface area contributed by atoms with Gasteiger partial charge in [-0.2, -0.15) is 0 Å². The van der Waals surface area contributed by atoms with Crippen molar-refractivity contribution in [3.05, 3.63) is 131 Å². The molecule has 9 nitrogen and oxygen atoms in total. The highest BCUT2D eigenvalue weighted by molar-refractivity contribution is 6.04. The van der Waals surface area contributed by atoms with Crippen LogP contribution in [-0.4, -0.2) is 25.4 Å². The van der Waals surface area contributed by atoms with Crippen molar-refractivity contribution < 1.29 is 9.18 Å². The molecule has 5 N–H and O–H groups in total. The fourth-order valence-electron chi connectivity index (χ4n) is 4.60. The Balaban J connectivity index is 1.22. The average Bonchev–Trinajstić information content (AvgIpc) is 3.44. The minimum atomic E-state index is -0.554. The van der Waals surface area contributed by atoms with Crippen LogP contribution in [0.15, 0.2) is 108 Å². The zero-order chi connectivity index (χ0) is 28.3. The molecule has 3 aromatic heterocycles. The summed E-state index contributed by atoms with van der Waals surface area (Å²) in [4.78, 5) is 38.0. The number of nitrogens with one attached hydrogen (secondary N) is 3. The van der Waals surface area contributed by atoms with Gasteiger partial charge in [-0.1, -0.05) is 18.2 Å². The summed E-state index contributed by atoms with van der Waals surface area (Å²) in [6, 6.07) is 23.6. The van der Waals surface area contributed by atoms with E-state index in [-0.39, 0.29) is 5.56 Å². The molecule has 6 rings (SSSR count). The van der Waals surface area contributed by atoms with Gasteiger partial charge in [-0.15, -0.1) is 0 Å². The Bertz CT molecular complexity index is 1930. The van der Waals surface area contributed by atoms with Crippen molar-refractivity contribution in [3.8, 4) is 16.8 Å². The lowest BCUT2D eigenvalue weighted by Gasteiger charge is -2.11. The van der Waals surface area contributed by atoms with Gasteiger partial charge in [-0.05, 0) is 77.9 Å². The molecule has 41 heavy (non-hydrogen) atoms. The van der Waals surface area contributed by atoms with Crippen LogP contribution >= 0.6 is 0 Å². The molecule has 0 aliphatic rings. The molecule has 6 aromatic rings. The smallest absolute Gasteiger partial charge is 0.267 e. The number of benzene rings is 3. The third kappa shape index (κ3) is 5.19. The minimum absolute atomic E-state index is 0.0407. The predicted octanol–water partition coefficient (Wildman–Crippen LogP) is 5.37. The standard InChI is InChI=1S/C31H24FN7O2/c32-21-6-12-24(13-7-21)39-14-2-5-25(31(39)41)30(40)38-23-10-8-22(9-11-23)37-29-27-26(17-34-28(27)35-18-36-29)20-4-1-3-19(15-20)16-33/h1-15,17-18H,16,33H2,(H,38,40)(H2,34,35,36,37). The molecule has 202 valence electrons. The maximum atomic E-state index is 13.3. The van der Waals surface area contributed by atoms with Crippen molar-refractivity contribution in [2.75, 3.05) is 10.6 Å². The molecule has 3 heterocycles. The first-order chi connectivity index (χ1) is 20.0. The van der Waals surface area contributed by atoms with Gasteiger partial charge in [0.1, 0.15) is 29.2 Å². The van der Waals surface area contributed by atoms with Crippen molar-refractivity contribution in [1.29, 1.82) is 0 Å². The first-order valence-electron chi connectivity index (χ1n) is 12.8. The lowest BCUT2D eigenvalue weighted by molar-refractivity contribution is 0.102. The molecule has 0 aliphatic carbocycles. The van der Waals surface area contributed by atoms with E-state index in [4.69, 9.17) is 5.73 Å². The molecule has 0 aliphatic heterocycles. The number of anilines is 3. The topological polar surface area (TPSA) is 131 Å². The van der Waals surface area contributed by atoms with Gasteiger partial charge in [-0.25, -0.2) is 14.4 Å². The second-order valence-corrected chi connectivity index (χ2v) is 9.28. The number of carbonyl (C=O) groups is 1. The lowest BCUT2D eigenvalue weighted by Crippen LogP contribution is -2.27. The number of H-pyrrole nitrogens is 1. The van der Waals surface area contributed by atoms with Crippen molar-refractivity contribution in [3.63, 3.8) is 0 Å². The van der Waals surface area contributed by atoms with Gasteiger partial charge in [0, 0.05) is 41.6 Å².